The van der Waals surface area contributed by atoms with Gasteiger partial charge in [0.2, 0.25) is 0 Å². The van der Waals surface area contributed by atoms with Crippen molar-refractivity contribution in [2.24, 2.45) is 5.41 Å². The predicted octanol–water partition coefficient (Wildman–Crippen LogP) is 2.22. The summed E-state index contributed by atoms with van der Waals surface area (Å²) < 4.78 is 7.52. The first-order valence-electron chi connectivity index (χ1n) is 8.59. The van der Waals surface area contributed by atoms with Crippen molar-refractivity contribution in [1.82, 2.24) is 14.5 Å². The number of ether oxygens (including phenoxy) is 1. The highest BCUT2D eigenvalue weighted by Crippen LogP contribution is 2.37. The molecule has 1 saturated carbocycles. The summed E-state index contributed by atoms with van der Waals surface area (Å²) in [6, 6.07) is 0.687. The van der Waals surface area contributed by atoms with Crippen LogP contribution in [-0.2, 0) is 11.3 Å². The molecule has 1 aromatic heterocycles. The molecule has 0 spiro atoms. The van der Waals surface area contributed by atoms with Gasteiger partial charge < -0.3 is 14.4 Å². The molecule has 1 aromatic rings. The van der Waals surface area contributed by atoms with E-state index in [4.69, 9.17) is 4.74 Å². The summed E-state index contributed by atoms with van der Waals surface area (Å²) in [6.45, 7) is 4.15. The third-order valence-corrected chi connectivity index (χ3v) is 5.20. The van der Waals surface area contributed by atoms with Gasteiger partial charge in [0.15, 0.2) is 0 Å². The minimum atomic E-state index is 0.0568. The minimum Gasteiger partial charge on any atom is -0.396 e. The average molecular weight is 307 g/mol. The SMILES string of the molecule is COCCC[C@@]1(CO)CCCN(Cc2cncn2C2CC2)C1. The molecule has 0 bridgehead atoms. The zero-order chi connectivity index (χ0) is 15.4. The van der Waals surface area contributed by atoms with Gasteiger partial charge in [-0.3, -0.25) is 4.90 Å². The zero-order valence-electron chi connectivity index (χ0n) is 13.7. The number of nitrogens with zero attached hydrogens (tertiary/aromatic N) is 3. The molecule has 0 radical (unpaired) electrons. The molecular formula is C17H29N3O2. The number of aromatic nitrogens is 2. The molecule has 0 unspecified atom stereocenters. The Bertz CT molecular complexity index is 472. The number of hydrogen-bond donors (Lipinski definition) is 1. The summed E-state index contributed by atoms with van der Waals surface area (Å²) in [7, 11) is 1.75. The fourth-order valence-electron chi connectivity index (χ4n) is 3.81. The maximum atomic E-state index is 9.95. The number of rotatable bonds is 8. The molecule has 124 valence electrons. The van der Waals surface area contributed by atoms with Crippen LogP contribution in [0.25, 0.3) is 0 Å². The predicted molar refractivity (Wildman–Crippen MR) is 85.6 cm³/mol. The Labute approximate surface area is 133 Å². The normalized spacial score (nSPS) is 26.5. The zero-order valence-corrected chi connectivity index (χ0v) is 13.7. The highest BCUT2D eigenvalue weighted by Gasteiger charge is 2.35. The summed E-state index contributed by atoms with van der Waals surface area (Å²) in [5, 5.41) is 9.95. The van der Waals surface area contributed by atoms with Gasteiger partial charge >= 0.3 is 0 Å². The van der Waals surface area contributed by atoms with Crippen molar-refractivity contribution in [3.05, 3.63) is 18.2 Å². The molecule has 3 rings (SSSR count). The lowest BCUT2D eigenvalue weighted by Gasteiger charge is -2.42. The van der Waals surface area contributed by atoms with Gasteiger partial charge in [-0.05, 0) is 45.1 Å². The van der Waals surface area contributed by atoms with E-state index in [0.29, 0.717) is 6.04 Å². The molecule has 2 heterocycles. The molecule has 1 aliphatic carbocycles. The van der Waals surface area contributed by atoms with Crippen LogP contribution in [0.4, 0.5) is 0 Å². The van der Waals surface area contributed by atoms with E-state index in [1.807, 2.05) is 12.5 Å². The van der Waals surface area contributed by atoms with E-state index in [2.05, 4.69) is 14.5 Å². The number of likely N-dealkylation sites (tertiary alicyclic amines) is 1. The molecule has 2 fully saturated rings. The van der Waals surface area contributed by atoms with Crippen molar-refractivity contribution < 1.29 is 9.84 Å². The fourth-order valence-corrected chi connectivity index (χ4v) is 3.81. The second-order valence-electron chi connectivity index (χ2n) is 7.09. The van der Waals surface area contributed by atoms with Crippen LogP contribution in [0.1, 0.15) is 50.3 Å². The highest BCUT2D eigenvalue weighted by molar-refractivity contribution is 5.04. The smallest absolute Gasteiger partial charge is 0.0951 e. The maximum absolute atomic E-state index is 9.95. The van der Waals surface area contributed by atoms with Crippen LogP contribution < -0.4 is 0 Å². The summed E-state index contributed by atoms with van der Waals surface area (Å²) in [4.78, 5) is 6.84. The van der Waals surface area contributed by atoms with Crippen molar-refractivity contribution in [3.8, 4) is 0 Å². The quantitative estimate of drug-likeness (QED) is 0.748. The number of aliphatic hydroxyl groups excluding tert-OH is 1. The molecule has 1 atom stereocenters. The lowest BCUT2D eigenvalue weighted by molar-refractivity contribution is 0.0150. The summed E-state index contributed by atoms with van der Waals surface area (Å²) in [6.07, 6.45) is 11.0. The largest absolute Gasteiger partial charge is 0.396 e. The first-order chi connectivity index (χ1) is 10.8. The van der Waals surface area contributed by atoms with E-state index in [9.17, 15) is 5.11 Å². The Morgan fingerprint density at radius 3 is 3.05 bits per heavy atom. The van der Waals surface area contributed by atoms with E-state index in [0.717, 1.165) is 45.5 Å². The van der Waals surface area contributed by atoms with Crippen LogP contribution in [0.15, 0.2) is 12.5 Å². The van der Waals surface area contributed by atoms with Gasteiger partial charge in [0.05, 0.1) is 12.0 Å². The van der Waals surface area contributed by atoms with E-state index in [1.165, 1.54) is 25.0 Å². The molecule has 1 saturated heterocycles. The van der Waals surface area contributed by atoms with Crippen molar-refractivity contribution in [1.29, 1.82) is 0 Å². The summed E-state index contributed by atoms with van der Waals surface area (Å²) in [5.74, 6) is 0. The molecule has 5 nitrogen and oxygen atoms in total. The van der Waals surface area contributed by atoms with Gasteiger partial charge in [-0.2, -0.15) is 0 Å². The van der Waals surface area contributed by atoms with Gasteiger partial charge in [-0.15, -0.1) is 0 Å². The van der Waals surface area contributed by atoms with Crippen molar-refractivity contribution in [3.63, 3.8) is 0 Å². The standard InChI is InChI=1S/C17H29N3O2/c1-22-9-3-7-17(13-21)6-2-8-19(12-17)11-16-10-18-14-20(16)15-4-5-15/h10,14-15,21H,2-9,11-13H2,1H3/t17-/m0/s1. The molecule has 2 aliphatic rings. The first kappa shape index (κ1) is 16.0. The fraction of sp³-hybridized carbons (Fsp3) is 0.824. The Morgan fingerprint density at radius 2 is 2.32 bits per heavy atom. The molecule has 1 N–H and O–H groups in total. The molecule has 5 heteroatoms. The lowest BCUT2D eigenvalue weighted by atomic mass is 9.77. The van der Waals surface area contributed by atoms with Crippen LogP contribution in [0.2, 0.25) is 0 Å². The van der Waals surface area contributed by atoms with Crippen LogP contribution in [-0.4, -0.2) is 53.0 Å². The Balaban J connectivity index is 1.60. The number of aliphatic hydroxyl groups is 1. The third-order valence-electron chi connectivity index (χ3n) is 5.20. The van der Waals surface area contributed by atoms with Crippen molar-refractivity contribution in [2.75, 3.05) is 33.4 Å². The maximum Gasteiger partial charge on any atom is 0.0951 e. The van der Waals surface area contributed by atoms with Crippen molar-refractivity contribution in [2.45, 2.75) is 51.1 Å². The number of methoxy groups -OCH3 is 1. The lowest BCUT2D eigenvalue weighted by Crippen LogP contribution is -2.45. The van der Waals surface area contributed by atoms with E-state index < -0.39 is 0 Å². The second kappa shape index (κ2) is 7.11. The highest BCUT2D eigenvalue weighted by atomic mass is 16.5. The third kappa shape index (κ3) is 3.70. The molecule has 0 amide bonds. The van der Waals surface area contributed by atoms with Crippen LogP contribution >= 0.6 is 0 Å². The number of hydrogen-bond acceptors (Lipinski definition) is 4. The van der Waals surface area contributed by atoms with Crippen LogP contribution in [0.5, 0.6) is 0 Å². The van der Waals surface area contributed by atoms with Gasteiger partial charge in [0.25, 0.3) is 0 Å². The van der Waals surface area contributed by atoms with E-state index in [-0.39, 0.29) is 12.0 Å². The Hall–Kier alpha value is -0.910. The summed E-state index contributed by atoms with van der Waals surface area (Å²) in [5.41, 5.74) is 1.38. The van der Waals surface area contributed by atoms with Gasteiger partial charge in [0.1, 0.15) is 0 Å². The second-order valence-corrected chi connectivity index (χ2v) is 7.09. The molecular weight excluding hydrogens is 278 g/mol. The number of piperidine rings is 1. The topological polar surface area (TPSA) is 50.5 Å². The van der Waals surface area contributed by atoms with Crippen molar-refractivity contribution >= 4 is 0 Å². The monoisotopic (exact) mass is 307 g/mol. The first-order valence-corrected chi connectivity index (χ1v) is 8.59. The van der Waals surface area contributed by atoms with Crippen LogP contribution in [0.3, 0.4) is 0 Å². The Kier molecular flexibility index (Phi) is 5.16. The Morgan fingerprint density at radius 1 is 1.45 bits per heavy atom. The summed E-state index contributed by atoms with van der Waals surface area (Å²) >= 11 is 0. The van der Waals surface area contributed by atoms with E-state index in [1.54, 1.807) is 7.11 Å². The van der Waals surface area contributed by atoms with Gasteiger partial charge in [-0.25, -0.2) is 4.98 Å². The van der Waals surface area contributed by atoms with E-state index >= 15 is 0 Å². The van der Waals surface area contributed by atoms with Crippen LogP contribution in [0, 0.1) is 5.41 Å². The van der Waals surface area contributed by atoms with Gasteiger partial charge in [-0.1, -0.05) is 0 Å². The number of imidazole rings is 1. The molecule has 0 aromatic carbocycles. The molecule has 22 heavy (non-hydrogen) atoms. The van der Waals surface area contributed by atoms with Gasteiger partial charge in [0, 0.05) is 51.1 Å². The minimum absolute atomic E-state index is 0.0568. The average Bonchev–Trinajstić information content (AvgIpc) is 3.28. The molecule has 1 aliphatic heterocycles.